The second-order valence-electron chi connectivity index (χ2n) is 7.96. The molecule has 3 rings (SSSR count). The summed E-state index contributed by atoms with van der Waals surface area (Å²) in [6, 6.07) is 1.33. The van der Waals surface area contributed by atoms with Gasteiger partial charge in [-0.2, -0.15) is 0 Å². The van der Waals surface area contributed by atoms with Gasteiger partial charge in [0.15, 0.2) is 0 Å². The van der Waals surface area contributed by atoms with Crippen LogP contribution in [0, 0.1) is 11.6 Å². The normalized spacial score (nSPS) is 16.8. The molecule has 0 radical (unpaired) electrons. The SMILES string of the molecule is O=C(NC1CCC(F)(F)CC1)C(c1cncnc1)N(CCc1cc(F)cc(F)c1)C(=O)CCl. The second-order valence-corrected chi connectivity index (χ2v) is 8.23. The van der Waals surface area contributed by atoms with Crippen molar-refractivity contribution < 1.29 is 27.2 Å². The Morgan fingerprint density at radius 1 is 1.12 bits per heavy atom. The molecule has 0 saturated heterocycles. The lowest BCUT2D eigenvalue weighted by Gasteiger charge is -2.34. The second kappa shape index (κ2) is 10.9. The number of carbonyl (C=O) groups excluding carboxylic acids is 2. The molecule has 1 heterocycles. The highest BCUT2D eigenvalue weighted by molar-refractivity contribution is 6.27. The van der Waals surface area contributed by atoms with Crippen molar-refractivity contribution in [2.24, 2.45) is 0 Å². The zero-order valence-corrected chi connectivity index (χ0v) is 18.4. The summed E-state index contributed by atoms with van der Waals surface area (Å²) >= 11 is 5.78. The van der Waals surface area contributed by atoms with Crippen LogP contribution in [0.1, 0.15) is 42.9 Å². The van der Waals surface area contributed by atoms with Crippen LogP contribution in [0.5, 0.6) is 0 Å². The minimum absolute atomic E-state index is 0.0461. The monoisotopic (exact) mass is 486 g/mol. The van der Waals surface area contributed by atoms with E-state index < -0.39 is 47.3 Å². The van der Waals surface area contributed by atoms with E-state index in [-0.39, 0.29) is 44.2 Å². The Morgan fingerprint density at radius 2 is 1.73 bits per heavy atom. The summed E-state index contributed by atoms with van der Waals surface area (Å²) in [6.07, 6.45) is 3.55. The summed E-state index contributed by atoms with van der Waals surface area (Å²) in [6.45, 7) is -0.0792. The van der Waals surface area contributed by atoms with E-state index in [0.717, 1.165) is 18.2 Å². The minimum Gasteiger partial charge on any atom is -0.351 e. The number of benzene rings is 1. The van der Waals surface area contributed by atoms with Crippen molar-refractivity contribution in [3.8, 4) is 0 Å². The van der Waals surface area contributed by atoms with Crippen molar-refractivity contribution in [3.63, 3.8) is 0 Å². The summed E-state index contributed by atoms with van der Waals surface area (Å²) in [5.74, 6) is -5.91. The average molecular weight is 487 g/mol. The Bertz CT molecular complexity index is 950. The first kappa shape index (κ1) is 24.9. The molecule has 1 atom stereocenters. The third-order valence-electron chi connectivity index (χ3n) is 5.52. The molecule has 1 N–H and O–H groups in total. The van der Waals surface area contributed by atoms with E-state index in [9.17, 15) is 27.2 Å². The first-order valence-electron chi connectivity index (χ1n) is 10.4. The molecule has 178 valence electrons. The van der Waals surface area contributed by atoms with E-state index in [1.807, 2.05) is 0 Å². The molecule has 2 aromatic rings. The summed E-state index contributed by atoms with van der Waals surface area (Å²) in [5.41, 5.74) is 0.581. The molecule has 0 spiro atoms. The summed E-state index contributed by atoms with van der Waals surface area (Å²) in [4.78, 5) is 34.9. The molecule has 1 fully saturated rings. The quantitative estimate of drug-likeness (QED) is 0.455. The average Bonchev–Trinajstić information content (AvgIpc) is 2.77. The topological polar surface area (TPSA) is 75.2 Å². The van der Waals surface area contributed by atoms with Crippen LogP contribution in [0.25, 0.3) is 0 Å². The van der Waals surface area contributed by atoms with Gasteiger partial charge in [0.1, 0.15) is 29.9 Å². The zero-order chi connectivity index (χ0) is 24.0. The minimum atomic E-state index is -2.76. The van der Waals surface area contributed by atoms with Gasteiger partial charge >= 0.3 is 0 Å². The number of halogens is 5. The van der Waals surface area contributed by atoms with Crippen molar-refractivity contribution in [1.29, 1.82) is 0 Å². The van der Waals surface area contributed by atoms with E-state index in [0.29, 0.717) is 5.56 Å². The number of aromatic nitrogens is 2. The summed E-state index contributed by atoms with van der Waals surface area (Å²) in [5, 5.41) is 2.75. The molecule has 2 amide bonds. The maximum atomic E-state index is 13.6. The van der Waals surface area contributed by atoms with Gasteiger partial charge in [-0.1, -0.05) is 0 Å². The maximum Gasteiger partial charge on any atom is 0.248 e. The Hall–Kier alpha value is -2.75. The molecule has 1 saturated carbocycles. The van der Waals surface area contributed by atoms with Crippen LogP contribution in [-0.4, -0.2) is 51.1 Å². The van der Waals surface area contributed by atoms with Crippen molar-refractivity contribution in [2.45, 2.75) is 50.1 Å². The Balaban J connectivity index is 1.83. The van der Waals surface area contributed by atoms with Gasteiger partial charge in [0.25, 0.3) is 0 Å². The van der Waals surface area contributed by atoms with Gasteiger partial charge < -0.3 is 10.2 Å². The number of nitrogens with zero attached hydrogens (tertiary/aromatic N) is 3. The summed E-state index contributed by atoms with van der Waals surface area (Å²) < 4.78 is 54.1. The lowest BCUT2D eigenvalue weighted by atomic mass is 9.92. The Morgan fingerprint density at radius 3 is 2.30 bits per heavy atom. The number of rotatable bonds is 8. The maximum absolute atomic E-state index is 13.6. The molecule has 1 aliphatic rings. The molecular weight excluding hydrogens is 464 g/mol. The molecule has 11 heteroatoms. The first-order chi connectivity index (χ1) is 15.7. The number of hydrogen-bond acceptors (Lipinski definition) is 4. The van der Waals surface area contributed by atoms with Gasteiger partial charge in [-0.15, -0.1) is 11.6 Å². The number of alkyl halides is 3. The van der Waals surface area contributed by atoms with Gasteiger partial charge in [0.2, 0.25) is 17.7 Å². The molecule has 0 aliphatic heterocycles. The number of amides is 2. The highest BCUT2D eigenvalue weighted by Gasteiger charge is 2.37. The number of carbonyl (C=O) groups is 2. The van der Waals surface area contributed by atoms with Crippen molar-refractivity contribution in [2.75, 3.05) is 12.4 Å². The Kier molecular flexibility index (Phi) is 8.23. The van der Waals surface area contributed by atoms with E-state index in [1.54, 1.807) is 0 Å². The highest BCUT2D eigenvalue weighted by Crippen LogP contribution is 2.33. The smallest absolute Gasteiger partial charge is 0.248 e. The molecule has 6 nitrogen and oxygen atoms in total. The standard InChI is InChI=1S/C22H23ClF4N4O2/c23-10-19(32)31(6-3-14-7-16(24)9-17(25)8-14)20(15-11-28-13-29-12-15)21(33)30-18-1-4-22(26,27)5-2-18/h7-9,11-13,18,20H,1-6,10H2,(H,30,33). The van der Waals surface area contributed by atoms with Crippen LogP contribution in [-0.2, 0) is 16.0 Å². The fourth-order valence-electron chi connectivity index (χ4n) is 3.87. The summed E-state index contributed by atoms with van der Waals surface area (Å²) in [7, 11) is 0. The lowest BCUT2D eigenvalue weighted by molar-refractivity contribution is -0.139. The van der Waals surface area contributed by atoms with Gasteiger partial charge in [0.05, 0.1) is 0 Å². The van der Waals surface area contributed by atoms with Gasteiger partial charge in [-0.25, -0.2) is 27.5 Å². The molecule has 1 unspecified atom stereocenters. The highest BCUT2D eigenvalue weighted by atomic mass is 35.5. The van der Waals surface area contributed by atoms with Crippen LogP contribution >= 0.6 is 11.6 Å². The van der Waals surface area contributed by atoms with Gasteiger partial charge in [-0.3, -0.25) is 9.59 Å². The van der Waals surface area contributed by atoms with E-state index in [2.05, 4.69) is 15.3 Å². The molecule has 1 aromatic carbocycles. The number of hydrogen-bond donors (Lipinski definition) is 1. The van der Waals surface area contributed by atoms with Crippen LogP contribution in [0.15, 0.2) is 36.9 Å². The van der Waals surface area contributed by atoms with Crippen LogP contribution in [0.4, 0.5) is 17.6 Å². The van der Waals surface area contributed by atoms with Gasteiger partial charge in [-0.05, 0) is 37.0 Å². The molecule has 0 bridgehead atoms. The fraction of sp³-hybridized carbons (Fsp3) is 0.455. The van der Waals surface area contributed by atoms with E-state index in [1.165, 1.54) is 23.6 Å². The van der Waals surface area contributed by atoms with Crippen LogP contribution in [0.3, 0.4) is 0 Å². The van der Waals surface area contributed by atoms with E-state index >= 15 is 0 Å². The predicted octanol–water partition coefficient (Wildman–Crippen LogP) is 3.80. The lowest BCUT2D eigenvalue weighted by Crippen LogP contribution is -2.49. The third-order valence-corrected chi connectivity index (χ3v) is 5.75. The van der Waals surface area contributed by atoms with Crippen molar-refractivity contribution in [3.05, 3.63) is 59.7 Å². The number of nitrogens with one attached hydrogen (secondary N) is 1. The molecule has 1 aliphatic carbocycles. The zero-order valence-electron chi connectivity index (χ0n) is 17.6. The molecule has 33 heavy (non-hydrogen) atoms. The molecular formula is C22H23ClF4N4O2. The third kappa shape index (κ3) is 6.86. The van der Waals surface area contributed by atoms with E-state index in [4.69, 9.17) is 11.6 Å². The molecule has 1 aromatic heterocycles. The van der Waals surface area contributed by atoms with Gasteiger partial charge in [0, 0.05) is 49.5 Å². The Labute approximate surface area is 193 Å². The largest absolute Gasteiger partial charge is 0.351 e. The van der Waals surface area contributed by atoms with Crippen molar-refractivity contribution in [1.82, 2.24) is 20.2 Å². The van der Waals surface area contributed by atoms with Crippen LogP contribution in [0.2, 0.25) is 0 Å². The predicted molar refractivity (Wildman–Crippen MR) is 113 cm³/mol. The van der Waals surface area contributed by atoms with Crippen molar-refractivity contribution >= 4 is 23.4 Å². The first-order valence-corrected chi connectivity index (χ1v) is 11.0. The fourth-order valence-corrected chi connectivity index (χ4v) is 4.02. The van der Waals surface area contributed by atoms with Crippen LogP contribution < -0.4 is 5.32 Å².